The third kappa shape index (κ3) is 3.56. The number of hydrogen-bond acceptors (Lipinski definition) is 3. The number of H-pyrrole nitrogens is 1. The molecule has 0 spiro atoms. The number of nitrogens with zero attached hydrogens (tertiary/aromatic N) is 1. The van der Waals surface area contributed by atoms with Gasteiger partial charge in [0.25, 0.3) is 5.91 Å². The van der Waals surface area contributed by atoms with Crippen LogP contribution >= 0.6 is 0 Å². The molecular weight excluding hydrogens is 304 g/mol. The molecule has 1 saturated heterocycles. The van der Waals surface area contributed by atoms with E-state index in [2.05, 4.69) is 18.8 Å². The van der Waals surface area contributed by atoms with Crippen LogP contribution in [0.4, 0.5) is 0 Å². The van der Waals surface area contributed by atoms with Crippen molar-refractivity contribution < 1.29 is 9.90 Å². The van der Waals surface area contributed by atoms with Crippen molar-refractivity contribution in [1.29, 1.82) is 0 Å². The lowest BCUT2D eigenvalue weighted by atomic mass is 9.71. The van der Waals surface area contributed by atoms with Gasteiger partial charge in [-0.15, -0.1) is 0 Å². The minimum atomic E-state index is -0.591. The van der Waals surface area contributed by atoms with Crippen molar-refractivity contribution in [3.63, 3.8) is 0 Å². The Morgan fingerprint density at radius 1 is 1.38 bits per heavy atom. The van der Waals surface area contributed by atoms with Crippen LogP contribution in [0.5, 0.6) is 0 Å². The first-order valence-corrected chi connectivity index (χ1v) is 9.12. The maximum Gasteiger partial charge on any atom is 0.254 e. The van der Waals surface area contributed by atoms with E-state index in [1.807, 2.05) is 11.0 Å². The van der Waals surface area contributed by atoms with Gasteiger partial charge in [-0.2, -0.15) is 0 Å². The summed E-state index contributed by atoms with van der Waals surface area (Å²) in [4.78, 5) is 29.4. The van der Waals surface area contributed by atoms with Gasteiger partial charge in [0.15, 0.2) is 0 Å². The van der Waals surface area contributed by atoms with Crippen LogP contribution in [0.1, 0.15) is 62.0 Å². The molecule has 1 saturated carbocycles. The van der Waals surface area contributed by atoms with Crippen molar-refractivity contribution in [3.05, 3.63) is 33.7 Å². The smallest absolute Gasteiger partial charge is 0.254 e. The van der Waals surface area contributed by atoms with Crippen molar-refractivity contribution in [2.75, 3.05) is 13.1 Å². The zero-order valence-corrected chi connectivity index (χ0v) is 14.7. The fraction of sp³-hybridized carbons (Fsp3) is 0.684. The van der Waals surface area contributed by atoms with Gasteiger partial charge in [-0.3, -0.25) is 9.59 Å². The summed E-state index contributed by atoms with van der Waals surface area (Å²) in [6.45, 7) is 5.34. The molecule has 0 aromatic carbocycles. The van der Waals surface area contributed by atoms with E-state index in [1.54, 1.807) is 0 Å². The summed E-state index contributed by atoms with van der Waals surface area (Å²) in [6.07, 6.45) is 5.42. The number of likely N-dealkylation sites (tertiary alicyclic amines) is 1. The van der Waals surface area contributed by atoms with Gasteiger partial charge in [0, 0.05) is 36.3 Å². The number of nitrogens with one attached hydrogen (secondary N) is 1. The van der Waals surface area contributed by atoms with Gasteiger partial charge >= 0.3 is 0 Å². The lowest BCUT2D eigenvalue weighted by Crippen LogP contribution is -2.54. The van der Waals surface area contributed by atoms with Gasteiger partial charge < -0.3 is 15.0 Å². The average Bonchev–Trinajstić information content (AvgIpc) is 2.52. The lowest BCUT2D eigenvalue weighted by molar-refractivity contribution is -0.0886. The number of carbonyl (C=O) groups is 1. The Hall–Kier alpha value is -1.62. The van der Waals surface area contributed by atoms with E-state index < -0.39 is 5.60 Å². The summed E-state index contributed by atoms with van der Waals surface area (Å²) in [5, 5.41) is 10.8. The molecule has 1 aliphatic carbocycles. The quantitative estimate of drug-likeness (QED) is 0.892. The van der Waals surface area contributed by atoms with Gasteiger partial charge in [0.1, 0.15) is 0 Å². The molecule has 0 bridgehead atoms. The molecule has 2 N–H and O–H groups in total. The van der Waals surface area contributed by atoms with Crippen molar-refractivity contribution in [3.8, 4) is 0 Å². The summed E-state index contributed by atoms with van der Waals surface area (Å²) in [5.41, 5.74) is 0.469. The van der Waals surface area contributed by atoms with E-state index in [1.165, 1.54) is 6.07 Å². The molecule has 1 aliphatic heterocycles. The summed E-state index contributed by atoms with van der Waals surface area (Å²) >= 11 is 0. The van der Waals surface area contributed by atoms with Crippen molar-refractivity contribution in [2.24, 2.45) is 11.8 Å². The number of aromatic nitrogens is 1. The first kappa shape index (κ1) is 17.2. The number of carbonyl (C=O) groups excluding carboxylic acids is 1. The molecule has 2 heterocycles. The zero-order chi connectivity index (χ0) is 17.3. The largest absolute Gasteiger partial charge is 0.389 e. The van der Waals surface area contributed by atoms with Crippen LogP contribution in [0.15, 0.2) is 16.9 Å². The highest BCUT2D eigenvalue weighted by Gasteiger charge is 2.43. The minimum Gasteiger partial charge on any atom is -0.389 e. The zero-order valence-electron chi connectivity index (χ0n) is 14.7. The van der Waals surface area contributed by atoms with Crippen LogP contribution in [0, 0.1) is 11.8 Å². The van der Waals surface area contributed by atoms with Crippen LogP contribution < -0.4 is 5.56 Å². The standard InChI is InChI=1S/C19H28N2O3/c1-13(2)9-16-10-14(11-17(22)20-16)18(23)21-8-7-19(24)6-4-3-5-15(19)12-21/h10-11,13,15,24H,3-9,12H2,1-2H3,(H,20,22). The van der Waals surface area contributed by atoms with Crippen LogP contribution in [-0.4, -0.2) is 39.6 Å². The number of pyridine rings is 1. The van der Waals surface area contributed by atoms with E-state index in [-0.39, 0.29) is 17.4 Å². The van der Waals surface area contributed by atoms with E-state index in [0.717, 1.165) is 37.8 Å². The number of amides is 1. The molecule has 1 aromatic rings. The lowest BCUT2D eigenvalue weighted by Gasteiger charge is -2.47. The molecular formula is C19H28N2O3. The molecule has 2 fully saturated rings. The minimum absolute atomic E-state index is 0.0845. The monoisotopic (exact) mass is 332 g/mol. The number of hydrogen-bond donors (Lipinski definition) is 2. The van der Waals surface area contributed by atoms with Gasteiger partial charge in [-0.1, -0.05) is 26.7 Å². The maximum absolute atomic E-state index is 12.9. The topological polar surface area (TPSA) is 73.4 Å². The highest BCUT2D eigenvalue weighted by atomic mass is 16.3. The third-order valence-corrected chi connectivity index (χ3v) is 5.49. The van der Waals surface area contributed by atoms with Crippen LogP contribution in [-0.2, 0) is 6.42 Å². The molecule has 132 valence electrons. The summed E-state index contributed by atoms with van der Waals surface area (Å²) in [5.74, 6) is 0.498. The molecule has 2 atom stereocenters. The SMILES string of the molecule is CC(C)Cc1cc(C(=O)N2CCC3(O)CCCCC3C2)cc(=O)[nH]1. The van der Waals surface area contributed by atoms with Gasteiger partial charge in [0.05, 0.1) is 5.60 Å². The Labute approximate surface area is 143 Å². The first-order chi connectivity index (χ1) is 11.4. The maximum atomic E-state index is 12.9. The summed E-state index contributed by atoms with van der Waals surface area (Å²) in [7, 11) is 0. The average molecular weight is 332 g/mol. The van der Waals surface area contributed by atoms with Gasteiger partial charge in [0.2, 0.25) is 5.56 Å². The number of piperidine rings is 1. The normalized spacial score (nSPS) is 27.2. The van der Waals surface area contributed by atoms with Gasteiger partial charge in [-0.25, -0.2) is 0 Å². The molecule has 5 nitrogen and oxygen atoms in total. The molecule has 0 radical (unpaired) electrons. The highest BCUT2D eigenvalue weighted by Crippen LogP contribution is 2.40. The number of fused-ring (bicyclic) bond motifs is 1. The van der Waals surface area contributed by atoms with Crippen LogP contribution in [0.3, 0.4) is 0 Å². The molecule has 5 heteroatoms. The number of aromatic amines is 1. The van der Waals surface area contributed by atoms with E-state index in [9.17, 15) is 14.7 Å². The second kappa shape index (κ2) is 6.71. The fourth-order valence-corrected chi connectivity index (χ4v) is 4.21. The van der Waals surface area contributed by atoms with Crippen LogP contribution in [0.2, 0.25) is 0 Å². The Balaban J connectivity index is 1.77. The van der Waals surface area contributed by atoms with E-state index >= 15 is 0 Å². The van der Waals surface area contributed by atoms with Crippen LogP contribution in [0.25, 0.3) is 0 Å². The van der Waals surface area contributed by atoms with E-state index in [0.29, 0.717) is 31.0 Å². The molecule has 24 heavy (non-hydrogen) atoms. The van der Waals surface area contributed by atoms with Crippen molar-refractivity contribution in [2.45, 2.75) is 58.0 Å². The number of rotatable bonds is 3. The third-order valence-electron chi connectivity index (χ3n) is 5.49. The molecule has 2 unspecified atom stereocenters. The van der Waals surface area contributed by atoms with Crippen molar-refractivity contribution >= 4 is 5.91 Å². The Kier molecular flexibility index (Phi) is 4.81. The van der Waals surface area contributed by atoms with Gasteiger partial charge in [-0.05, 0) is 37.7 Å². The second-order valence-electron chi connectivity index (χ2n) is 7.90. The Bertz CT molecular complexity index is 667. The number of aliphatic hydroxyl groups is 1. The first-order valence-electron chi connectivity index (χ1n) is 9.12. The Morgan fingerprint density at radius 3 is 2.92 bits per heavy atom. The molecule has 2 aliphatic rings. The van der Waals surface area contributed by atoms with Crippen molar-refractivity contribution in [1.82, 2.24) is 9.88 Å². The summed E-state index contributed by atoms with van der Waals surface area (Å²) < 4.78 is 0. The molecule has 1 amide bonds. The Morgan fingerprint density at radius 2 is 2.17 bits per heavy atom. The van der Waals surface area contributed by atoms with E-state index in [4.69, 9.17) is 0 Å². The summed E-state index contributed by atoms with van der Waals surface area (Å²) in [6, 6.07) is 3.21. The molecule has 3 rings (SSSR count). The molecule has 1 aromatic heterocycles. The second-order valence-corrected chi connectivity index (χ2v) is 7.90. The predicted octanol–water partition coefficient (Wildman–Crippen LogP) is 2.34. The fourth-order valence-electron chi connectivity index (χ4n) is 4.21. The highest BCUT2D eigenvalue weighted by molar-refractivity contribution is 5.94. The predicted molar refractivity (Wildman–Crippen MR) is 93.0 cm³/mol.